The number of halogens is 1. The predicted octanol–water partition coefficient (Wildman–Crippen LogP) is 3.12. The monoisotopic (exact) mass is 577 g/mol. The molecule has 10 heteroatoms. The fraction of sp³-hybridized carbons (Fsp3) is 0.476. The molecule has 172 valence electrons. The minimum atomic E-state index is -3.65. The summed E-state index contributed by atoms with van der Waals surface area (Å²) >= 11 is 1.17. The number of hydrogen-bond acceptors (Lipinski definition) is 5. The number of likely N-dealkylation sites (tertiary alicyclic amines) is 1. The Morgan fingerprint density at radius 1 is 1.26 bits per heavy atom. The first-order valence-corrected chi connectivity index (χ1v) is 12.7. The Balaban J connectivity index is 0.00000341. The van der Waals surface area contributed by atoms with Gasteiger partial charge >= 0.3 is 0 Å². The van der Waals surface area contributed by atoms with Crippen molar-refractivity contribution >= 4 is 51.3 Å². The standard InChI is InChI=1S/C21H31N5O2S2.HI/c1-3-23-21(24-14-19-9-10-20(29-19)30(22,27)28)25-18-11-12-26(16(2)13-18)15-17-7-5-4-6-8-17;/h4-10,16,18H,3,11-15H2,1-2H3,(H2,22,27,28)(H2,23,24,25);1H. The maximum Gasteiger partial charge on any atom is 0.247 e. The lowest BCUT2D eigenvalue weighted by atomic mass is 9.97. The molecule has 1 aliphatic rings. The van der Waals surface area contributed by atoms with Crippen LogP contribution in [-0.2, 0) is 23.1 Å². The summed E-state index contributed by atoms with van der Waals surface area (Å²) in [6.07, 6.45) is 2.10. The first-order valence-electron chi connectivity index (χ1n) is 10.3. The number of aliphatic imine (C=N–C) groups is 1. The van der Waals surface area contributed by atoms with Gasteiger partial charge in [-0.15, -0.1) is 35.3 Å². The van der Waals surface area contributed by atoms with E-state index >= 15 is 0 Å². The van der Waals surface area contributed by atoms with Crippen LogP contribution in [0.15, 0.2) is 51.7 Å². The zero-order valence-electron chi connectivity index (χ0n) is 18.0. The van der Waals surface area contributed by atoms with Crippen LogP contribution < -0.4 is 15.8 Å². The lowest BCUT2D eigenvalue weighted by Crippen LogP contribution is -2.51. The van der Waals surface area contributed by atoms with Crippen LogP contribution in [0.3, 0.4) is 0 Å². The van der Waals surface area contributed by atoms with E-state index in [1.54, 1.807) is 6.07 Å². The van der Waals surface area contributed by atoms with E-state index in [-0.39, 0.29) is 28.2 Å². The minimum absolute atomic E-state index is 0. The normalized spacial score (nSPS) is 20.2. The SMILES string of the molecule is CCNC(=NCc1ccc(S(N)(=O)=O)s1)NC1CCN(Cc2ccccc2)C(C)C1.I. The van der Waals surface area contributed by atoms with Crippen molar-refractivity contribution < 1.29 is 8.42 Å². The number of rotatable bonds is 7. The minimum Gasteiger partial charge on any atom is -0.357 e. The summed E-state index contributed by atoms with van der Waals surface area (Å²) in [4.78, 5) is 8.03. The summed E-state index contributed by atoms with van der Waals surface area (Å²) in [5.41, 5.74) is 1.35. The molecule has 7 nitrogen and oxygen atoms in total. The lowest BCUT2D eigenvalue weighted by molar-refractivity contribution is 0.134. The third-order valence-corrected chi connectivity index (χ3v) is 7.75. The average molecular weight is 578 g/mol. The van der Waals surface area contributed by atoms with Crippen molar-refractivity contribution in [2.45, 2.75) is 56.1 Å². The maximum atomic E-state index is 11.4. The van der Waals surface area contributed by atoms with Crippen LogP contribution in [0.2, 0.25) is 0 Å². The van der Waals surface area contributed by atoms with E-state index in [4.69, 9.17) is 5.14 Å². The largest absolute Gasteiger partial charge is 0.357 e. The topological polar surface area (TPSA) is 99.8 Å². The van der Waals surface area contributed by atoms with Crippen molar-refractivity contribution in [1.29, 1.82) is 0 Å². The summed E-state index contributed by atoms with van der Waals surface area (Å²) in [5.74, 6) is 0.761. The molecule has 1 aliphatic heterocycles. The molecule has 0 bridgehead atoms. The van der Waals surface area contributed by atoms with Crippen molar-refractivity contribution in [3.05, 3.63) is 52.9 Å². The number of guanidine groups is 1. The molecule has 0 aliphatic carbocycles. The summed E-state index contributed by atoms with van der Waals surface area (Å²) in [6, 6.07) is 14.7. The van der Waals surface area contributed by atoms with Crippen LogP contribution in [-0.4, -0.2) is 44.5 Å². The van der Waals surface area contributed by atoms with Crippen molar-refractivity contribution in [2.24, 2.45) is 10.1 Å². The highest BCUT2D eigenvalue weighted by molar-refractivity contribution is 14.0. The van der Waals surface area contributed by atoms with Crippen LogP contribution in [0.4, 0.5) is 0 Å². The maximum absolute atomic E-state index is 11.4. The second kappa shape index (κ2) is 12.1. The van der Waals surface area contributed by atoms with Crippen LogP contribution in [0.5, 0.6) is 0 Å². The number of nitrogens with zero attached hydrogens (tertiary/aromatic N) is 2. The second-order valence-corrected chi connectivity index (χ2v) is 10.6. The second-order valence-electron chi connectivity index (χ2n) is 7.63. The molecule has 1 saturated heterocycles. The molecule has 2 atom stereocenters. The highest BCUT2D eigenvalue weighted by Crippen LogP contribution is 2.22. The van der Waals surface area contributed by atoms with E-state index in [2.05, 4.69) is 57.8 Å². The van der Waals surface area contributed by atoms with Gasteiger partial charge in [0.05, 0.1) is 6.54 Å². The summed E-state index contributed by atoms with van der Waals surface area (Å²) < 4.78 is 23.1. The molecule has 0 amide bonds. The van der Waals surface area contributed by atoms with Gasteiger partial charge in [-0.3, -0.25) is 4.90 Å². The van der Waals surface area contributed by atoms with Crippen molar-refractivity contribution in [3.8, 4) is 0 Å². The number of primary sulfonamides is 1. The molecule has 1 aromatic heterocycles. The summed E-state index contributed by atoms with van der Waals surface area (Å²) in [6.45, 7) is 7.51. The van der Waals surface area contributed by atoms with Gasteiger partial charge in [0.2, 0.25) is 10.0 Å². The molecule has 4 N–H and O–H groups in total. The van der Waals surface area contributed by atoms with E-state index in [1.807, 2.05) is 6.92 Å². The highest BCUT2D eigenvalue weighted by Gasteiger charge is 2.26. The predicted molar refractivity (Wildman–Crippen MR) is 138 cm³/mol. The molecule has 31 heavy (non-hydrogen) atoms. The fourth-order valence-electron chi connectivity index (χ4n) is 3.67. The Bertz CT molecular complexity index is 950. The number of sulfonamides is 1. The number of nitrogens with one attached hydrogen (secondary N) is 2. The van der Waals surface area contributed by atoms with E-state index in [0.29, 0.717) is 18.6 Å². The van der Waals surface area contributed by atoms with E-state index in [9.17, 15) is 8.42 Å². The zero-order valence-corrected chi connectivity index (χ0v) is 21.9. The molecule has 3 rings (SSSR count). The fourth-order valence-corrected chi connectivity index (χ4v) is 5.37. The molecule has 2 heterocycles. The molecular formula is C21H32IN5O2S2. The molecule has 0 saturated carbocycles. The molecule has 0 spiro atoms. The average Bonchev–Trinajstić information content (AvgIpc) is 3.19. The number of thiophene rings is 1. The van der Waals surface area contributed by atoms with Crippen molar-refractivity contribution in [2.75, 3.05) is 13.1 Å². The van der Waals surface area contributed by atoms with Gasteiger partial charge in [-0.2, -0.15) is 0 Å². The van der Waals surface area contributed by atoms with Crippen molar-refractivity contribution in [1.82, 2.24) is 15.5 Å². The zero-order chi connectivity index (χ0) is 21.6. The quantitative estimate of drug-likeness (QED) is 0.267. The molecule has 2 unspecified atom stereocenters. The number of hydrogen-bond donors (Lipinski definition) is 3. The smallest absolute Gasteiger partial charge is 0.247 e. The number of benzene rings is 1. The van der Waals surface area contributed by atoms with Crippen LogP contribution in [0, 0.1) is 0 Å². The Kier molecular flexibility index (Phi) is 10.2. The van der Waals surface area contributed by atoms with Gasteiger partial charge in [0.1, 0.15) is 4.21 Å². The molecule has 2 aromatic rings. The Labute approximate surface area is 206 Å². The van der Waals surface area contributed by atoms with E-state index < -0.39 is 10.0 Å². The molecular weight excluding hydrogens is 545 g/mol. The van der Waals surface area contributed by atoms with Gasteiger partial charge in [-0.25, -0.2) is 18.5 Å². The van der Waals surface area contributed by atoms with Gasteiger partial charge in [-0.1, -0.05) is 30.3 Å². The van der Waals surface area contributed by atoms with Gasteiger partial charge in [0.15, 0.2) is 5.96 Å². The molecule has 0 radical (unpaired) electrons. The number of nitrogens with two attached hydrogens (primary N) is 1. The third-order valence-electron chi connectivity index (χ3n) is 5.24. The summed E-state index contributed by atoms with van der Waals surface area (Å²) in [7, 11) is -3.65. The van der Waals surface area contributed by atoms with Crippen LogP contribution >= 0.6 is 35.3 Å². The number of piperidine rings is 1. The Morgan fingerprint density at radius 3 is 2.61 bits per heavy atom. The Morgan fingerprint density at radius 2 is 2.00 bits per heavy atom. The van der Waals surface area contributed by atoms with Gasteiger partial charge < -0.3 is 10.6 Å². The van der Waals surface area contributed by atoms with Crippen LogP contribution in [0.25, 0.3) is 0 Å². The lowest BCUT2D eigenvalue weighted by Gasteiger charge is -2.38. The molecule has 1 aromatic carbocycles. The molecule has 1 fully saturated rings. The summed E-state index contributed by atoms with van der Waals surface area (Å²) in [5, 5.41) is 12.0. The first-order chi connectivity index (χ1) is 14.3. The first kappa shape index (κ1) is 26.0. The van der Waals surface area contributed by atoms with E-state index in [1.165, 1.54) is 23.0 Å². The van der Waals surface area contributed by atoms with E-state index in [0.717, 1.165) is 43.3 Å². The van der Waals surface area contributed by atoms with Gasteiger partial charge in [0.25, 0.3) is 0 Å². The Hall–Kier alpha value is -1.21. The van der Waals surface area contributed by atoms with Crippen LogP contribution in [0.1, 0.15) is 37.1 Å². The highest BCUT2D eigenvalue weighted by atomic mass is 127. The third kappa shape index (κ3) is 8.01. The van der Waals surface area contributed by atoms with Gasteiger partial charge in [-0.05, 0) is 44.4 Å². The van der Waals surface area contributed by atoms with Gasteiger partial charge in [0, 0.05) is 36.6 Å². The van der Waals surface area contributed by atoms with Crippen molar-refractivity contribution in [3.63, 3.8) is 0 Å².